The first kappa shape index (κ1) is 26.3. The zero-order valence-corrected chi connectivity index (χ0v) is 22.3. The first-order chi connectivity index (χ1) is 17.4. The molecule has 1 aliphatic carbocycles. The summed E-state index contributed by atoms with van der Waals surface area (Å²) in [7, 11) is 0. The minimum absolute atomic E-state index is 0.0344. The van der Waals surface area contributed by atoms with Crippen LogP contribution < -0.4 is 15.8 Å². The number of allylic oxidation sites excluding steroid dienone is 1. The van der Waals surface area contributed by atoms with E-state index in [9.17, 15) is 15.2 Å². The highest BCUT2D eigenvalue weighted by molar-refractivity contribution is 5.81. The van der Waals surface area contributed by atoms with Gasteiger partial charge in [-0.15, -0.1) is 0 Å². The number of fused-ring (bicyclic) bond motifs is 1. The number of benzene rings is 1. The molecule has 1 unspecified atom stereocenters. The maximum Gasteiger partial charge on any atom is 0.225 e. The molecule has 1 saturated carbocycles. The quantitative estimate of drug-likeness (QED) is 0.473. The Kier molecular flexibility index (Phi) is 6.83. The van der Waals surface area contributed by atoms with Gasteiger partial charge in [0, 0.05) is 22.9 Å². The molecule has 1 aliphatic heterocycles. The van der Waals surface area contributed by atoms with Gasteiger partial charge in [-0.2, -0.15) is 10.4 Å². The van der Waals surface area contributed by atoms with Gasteiger partial charge in [0.05, 0.1) is 23.3 Å². The molecule has 0 radical (unpaired) electrons. The van der Waals surface area contributed by atoms with Crippen molar-refractivity contribution in [2.75, 3.05) is 0 Å². The molecule has 1 aromatic heterocycles. The van der Waals surface area contributed by atoms with Crippen molar-refractivity contribution in [2.24, 2.45) is 23.0 Å². The second kappa shape index (κ2) is 9.61. The molecule has 0 bridgehead atoms. The number of H-pyrrole nitrogens is 1. The minimum Gasteiger partial charge on any atom is -0.422 e. The number of rotatable bonds is 4. The average molecular weight is 502 g/mol. The molecule has 2 heterocycles. The number of aromatic nitrogens is 2. The Balaban J connectivity index is 1.72. The number of amides is 1. The van der Waals surface area contributed by atoms with E-state index >= 15 is 0 Å². The minimum atomic E-state index is -0.927. The van der Waals surface area contributed by atoms with Crippen LogP contribution in [0.15, 0.2) is 29.7 Å². The highest BCUT2D eigenvalue weighted by Gasteiger charge is 2.50. The van der Waals surface area contributed by atoms with Crippen LogP contribution in [0.3, 0.4) is 0 Å². The Morgan fingerprint density at radius 1 is 1.35 bits per heavy atom. The number of aryl methyl sites for hydroxylation is 1. The summed E-state index contributed by atoms with van der Waals surface area (Å²) < 4.78 is 5.74. The third-order valence-corrected chi connectivity index (χ3v) is 7.34. The molecule has 1 atom stereocenters. The number of nitrogens with one attached hydrogen (secondary N) is 2. The van der Waals surface area contributed by atoms with E-state index in [4.69, 9.17) is 10.5 Å². The molecular formula is C29H35N5O3. The van der Waals surface area contributed by atoms with Crippen molar-refractivity contribution >= 4 is 5.91 Å². The van der Waals surface area contributed by atoms with Gasteiger partial charge in [0.25, 0.3) is 0 Å². The largest absolute Gasteiger partial charge is 0.422 e. The van der Waals surface area contributed by atoms with E-state index in [1.165, 1.54) is 0 Å². The lowest BCUT2D eigenvalue weighted by Crippen LogP contribution is -2.47. The highest BCUT2D eigenvalue weighted by atomic mass is 16.5. The second-order valence-corrected chi connectivity index (χ2v) is 11.4. The predicted octanol–water partition coefficient (Wildman–Crippen LogP) is 3.53. The fraction of sp³-hybridized carbons (Fsp3) is 0.483. The number of nitrogens with zero attached hydrogens (tertiary/aromatic N) is 2. The molecule has 2 aromatic rings. The molecule has 8 nitrogen and oxygen atoms in total. The molecule has 1 fully saturated rings. The van der Waals surface area contributed by atoms with Gasteiger partial charge in [-0.25, -0.2) is 5.10 Å². The molecule has 0 saturated heterocycles. The van der Waals surface area contributed by atoms with E-state index in [2.05, 4.69) is 33.4 Å². The van der Waals surface area contributed by atoms with Gasteiger partial charge in [0.1, 0.15) is 11.6 Å². The number of nitriles is 1. The van der Waals surface area contributed by atoms with Crippen LogP contribution in [-0.2, 0) is 16.8 Å². The predicted molar refractivity (Wildman–Crippen MR) is 140 cm³/mol. The van der Waals surface area contributed by atoms with Crippen LogP contribution in [0.5, 0.6) is 5.88 Å². The zero-order valence-electron chi connectivity index (χ0n) is 22.3. The summed E-state index contributed by atoms with van der Waals surface area (Å²) in [6.07, 6.45) is 1.62. The lowest BCUT2D eigenvalue weighted by molar-refractivity contribution is -0.130. The Morgan fingerprint density at radius 3 is 2.65 bits per heavy atom. The molecule has 1 amide bonds. The van der Waals surface area contributed by atoms with Crippen LogP contribution >= 0.6 is 0 Å². The van der Waals surface area contributed by atoms with Crippen molar-refractivity contribution in [1.82, 2.24) is 15.5 Å². The number of aromatic amines is 1. The zero-order chi connectivity index (χ0) is 27.1. The summed E-state index contributed by atoms with van der Waals surface area (Å²) in [5.41, 5.74) is 8.93. The molecule has 194 valence electrons. The van der Waals surface area contributed by atoms with Gasteiger partial charge >= 0.3 is 0 Å². The molecule has 4 rings (SSSR count). The van der Waals surface area contributed by atoms with Crippen LogP contribution in [-0.4, -0.2) is 27.3 Å². The smallest absolute Gasteiger partial charge is 0.225 e. The van der Waals surface area contributed by atoms with E-state index in [1.807, 2.05) is 59.7 Å². The van der Waals surface area contributed by atoms with Crippen LogP contribution in [0, 0.1) is 47.3 Å². The SMILES string of the molecule is Cc1n[nH]c2c1C(c1cc(C#C[C@H]3C[C@@H](NC(=O)C(C)(C)C)C3)cc(CO)c1)(C(C)C)C(C#N)=C(N)O2. The number of hydrogen-bond donors (Lipinski definition) is 4. The number of carbonyl (C=O) groups excluding carboxylic acids is 1. The Morgan fingerprint density at radius 2 is 2.05 bits per heavy atom. The van der Waals surface area contributed by atoms with E-state index in [-0.39, 0.29) is 36.3 Å². The molecule has 37 heavy (non-hydrogen) atoms. The Hall–Kier alpha value is -3.75. The summed E-state index contributed by atoms with van der Waals surface area (Å²) in [5, 5.41) is 30.6. The van der Waals surface area contributed by atoms with Gasteiger partial charge in [0.15, 0.2) is 0 Å². The van der Waals surface area contributed by atoms with E-state index in [0.29, 0.717) is 22.7 Å². The first-order valence-electron chi connectivity index (χ1n) is 12.6. The van der Waals surface area contributed by atoms with Crippen LogP contribution in [0.1, 0.15) is 75.4 Å². The monoisotopic (exact) mass is 501 g/mol. The topological polar surface area (TPSA) is 137 Å². The molecular weight excluding hydrogens is 466 g/mol. The van der Waals surface area contributed by atoms with E-state index in [0.717, 1.165) is 29.5 Å². The Bertz CT molecular complexity index is 1360. The number of nitrogens with two attached hydrogens (primary N) is 1. The van der Waals surface area contributed by atoms with Gasteiger partial charge in [-0.05, 0) is 48.9 Å². The highest BCUT2D eigenvalue weighted by Crippen LogP contribution is 2.52. The number of ether oxygens (including phenoxy) is 1. The molecule has 2 aliphatic rings. The number of hydrogen-bond acceptors (Lipinski definition) is 6. The third kappa shape index (κ3) is 4.58. The van der Waals surface area contributed by atoms with Gasteiger partial charge < -0.3 is 20.9 Å². The molecule has 5 N–H and O–H groups in total. The Labute approximate surface area is 218 Å². The summed E-state index contributed by atoms with van der Waals surface area (Å²) >= 11 is 0. The van der Waals surface area contributed by atoms with Crippen molar-refractivity contribution in [3.8, 4) is 23.8 Å². The van der Waals surface area contributed by atoms with E-state index < -0.39 is 10.8 Å². The fourth-order valence-electron chi connectivity index (χ4n) is 5.30. The molecule has 1 aromatic carbocycles. The van der Waals surface area contributed by atoms with Gasteiger partial charge in [-0.1, -0.05) is 52.5 Å². The second-order valence-electron chi connectivity index (χ2n) is 11.4. The van der Waals surface area contributed by atoms with Crippen LogP contribution in [0.4, 0.5) is 0 Å². The van der Waals surface area contributed by atoms with Gasteiger partial charge in [-0.3, -0.25) is 4.79 Å². The van der Waals surface area contributed by atoms with Gasteiger partial charge in [0.2, 0.25) is 17.7 Å². The van der Waals surface area contributed by atoms with Crippen molar-refractivity contribution < 1.29 is 14.6 Å². The number of carbonyl (C=O) groups is 1. The summed E-state index contributed by atoms with van der Waals surface area (Å²) in [6.45, 7) is 11.5. The summed E-state index contributed by atoms with van der Waals surface area (Å²) in [5.74, 6) is 7.21. The standard InChI is InChI=1S/C29H35N5O3/c1-16(2)29(23(14-30)25(31)37-26-24(29)17(3)33-34-26)21-10-18(9-20(11-21)15-35)7-8-19-12-22(13-19)32-27(36)28(4,5)6/h9-11,16,19,22,35H,12-13,15,31H2,1-6H3,(H,32,36)(H,33,34)/t19-,22+,29?. The van der Waals surface area contributed by atoms with E-state index in [1.54, 1.807) is 0 Å². The average Bonchev–Trinajstić information content (AvgIpc) is 3.18. The lowest BCUT2D eigenvalue weighted by atomic mass is 9.61. The lowest BCUT2D eigenvalue weighted by Gasteiger charge is -2.41. The first-order valence-corrected chi connectivity index (χ1v) is 12.6. The third-order valence-electron chi connectivity index (χ3n) is 7.34. The van der Waals surface area contributed by atoms with Crippen LogP contribution in [0.25, 0.3) is 0 Å². The number of aliphatic hydroxyl groups is 1. The fourth-order valence-corrected chi connectivity index (χ4v) is 5.30. The maximum atomic E-state index is 12.2. The molecule has 8 heteroatoms. The van der Waals surface area contributed by atoms with Crippen molar-refractivity contribution in [3.05, 3.63) is 57.6 Å². The van der Waals surface area contributed by atoms with Crippen molar-refractivity contribution in [3.63, 3.8) is 0 Å². The normalized spacial score (nSPS) is 22.8. The van der Waals surface area contributed by atoms with Crippen LogP contribution in [0.2, 0.25) is 0 Å². The summed E-state index contributed by atoms with van der Waals surface area (Å²) in [6, 6.07) is 8.17. The van der Waals surface area contributed by atoms with Crippen molar-refractivity contribution in [1.29, 1.82) is 5.26 Å². The molecule has 0 spiro atoms. The van der Waals surface area contributed by atoms with Crippen molar-refractivity contribution in [2.45, 2.75) is 72.4 Å². The number of aliphatic hydroxyl groups excluding tert-OH is 1. The summed E-state index contributed by atoms with van der Waals surface area (Å²) in [4.78, 5) is 12.2. The maximum absolute atomic E-state index is 12.2.